The third-order valence-electron chi connectivity index (χ3n) is 3.47. The van der Waals surface area contributed by atoms with Crippen LogP contribution in [0.3, 0.4) is 0 Å². The molecule has 0 aliphatic heterocycles. The summed E-state index contributed by atoms with van der Waals surface area (Å²) in [5.74, 6) is 1.23. The number of anilines is 2. The Morgan fingerprint density at radius 2 is 1.84 bits per heavy atom. The Morgan fingerprint density at radius 3 is 2.52 bits per heavy atom. The van der Waals surface area contributed by atoms with Gasteiger partial charge in [-0.15, -0.1) is 0 Å². The van der Waals surface area contributed by atoms with Gasteiger partial charge in [-0.25, -0.2) is 0 Å². The Labute approximate surface area is 158 Å². The van der Waals surface area contributed by atoms with Crippen molar-refractivity contribution in [1.82, 2.24) is 0 Å². The number of rotatable bonds is 8. The SMILES string of the molecule is CC(C)CCOc1ccc(NCC(=O)Nc2cc(Cl)ccc2Cl)cc1. The molecule has 0 fully saturated rings. The molecule has 0 bridgehead atoms. The highest BCUT2D eigenvalue weighted by molar-refractivity contribution is 6.35. The summed E-state index contributed by atoms with van der Waals surface area (Å²) in [7, 11) is 0. The van der Waals surface area contributed by atoms with Crippen molar-refractivity contribution in [1.29, 1.82) is 0 Å². The lowest BCUT2D eigenvalue weighted by Crippen LogP contribution is -2.21. The summed E-state index contributed by atoms with van der Waals surface area (Å²) in [4.78, 5) is 12.0. The van der Waals surface area contributed by atoms with Gasteiger partial charge in [-0.2, -0.15) is 0 Å². The molecule has 0 atom stereocenters. The van der Waals surface area contributed by atoms with Crippen molar-refractivity contribution in [3.05, 3.63) is 52.5 Å². The molecule has 0 radical (unpaired) electrons. The maximum absolute atomic E-state index is 12.0. The summed E-state index contributed by atoms with van der Waals surface area (Å²) in [6.45, 7) is 5.15. The van der Waals surface area contributed by atoms with E-state index in [0.29, 0.717) is 28.3 Å². The minimum Gasteiger partial charge on any atom is -0.494 e. The van der Waals surface area contributed by atoms with Crippen molar-refractivity contribution in [2.45, 2.75) is 20.3 Å². The van der Waals surface area contributed by atoms with Crippen LogP contribution in [0.2, 0.25) is 10.0 Å². The summed E-state index contributed by atoms with van der Waals surface area (Å²) in [5, 5.41) is 6.74. The van der Waals surface area contributed by atoms with Crippen molar-refractivity contribution in [2.24, 2.45) is 5.92 Å². The molecule has 2 rings (SSSR count). The van der Waals surface area contributed by atoms with Gasteiger partial charge in [0.25, 0.3) is 0 Å². The van der Waals surface area contributed by atoms with Crippen LogP contribution in [-0.4, -0.2) is 19.1 Å². The molecule has 134 valence electrons. The average Bonchev–Trinajstić information content (AvgIpc) is 2.57. The van der Waals surface area contributed by atoms with Crippen molar-refractivity contribution in [2.75, 3.05) is 23.8 Å². The quantitative estimate of drug-likeness (QED) is 0.638. The van der Waals surface area contributed by atoms with Gasteiger partial charge >= 0.3 is 0 Å². The Kier molecular flexibility index (Phi) is 7.41. The first kappa shape index (κ1) is 19.4. The van der Waals surface area contributed by atoms with E-state index in [0.717, 1.165) is 17.9 Å². The lowest BCUT2D eigenvalue weighted by atomic mass is 10.1. The van der Waals surface area contributed by atoms with Crippen molar-refractivity contribution >= 4 is 40.5 Å². The number of benzene rings is 2. The van der Waals surface area contributed by atoms with Gasteiger partial charge in [0.05, 0.1) is 23.9 Å². The molecular weight excluding hydrogens is 359 g/mol. The van der Waals surface area contributed by atoms with Gasteiger partial charge < -0.3 is 15.4 Å². The van der Waals surface area contributed by atoms with Gasteiger partial charge in [0.2, 0.25) is 5.91 Å². The largest absolute Gasteiger partial charge is 0.494 e. The fourth-order valence-electron chi connectivity index (χ4n) is 2.05. The zero-order chi connectivity index (χ0) is 18.2. The molecule has 2 aromatic rings. The molecule has 25 heavy (non-hydrogen) atoms. The Hall–Kier alpha value is -1.91. The monoisotopic (exact) mass is 380 g/mol. The number of halogens is 2. The van der Waals surface area contributed by atoms with Crippen LogP contribution in [0.4, 0.5) is 11.4 Å². The van der Waals surface area contributed by atoms with Crippen LogP contribution in [0.1, 0.15) is 20.3 Å². The van der Waals surface area contributed by atoms with Crippen LogP contribution < -0.4 is 15.4 Å². The second kappa shape index (κ2) is 9.54. The summed E-state index contributed by atoms with van der Waals surface area (Å²) < 4.78 is 5.67. The predicted molar refractivity (Wildman–Crippen MR) is 105 cm³/mol. The lowest BCUT2D eigenvalue weighted by Gasteiger charge is -2.11. The first-order valence-corrected chi connectivity index (χ1v) is 8.91. The van der Waals surface area contributed by atoms with Gasteiger partial charge in [0.15, 0.2) is 0 Å². The van der Waals surface area contributed by atoms with Crippen molar-refractivity contribution in [3.63, 3.8) is 0 Å². The van der Waals surface area contributed by atoms with Gasteiger partial charge in [-0.1, -0.05) is 37.0 Å². The highest BCUT2D eigenvalue weighted by Crippen LogP contribution is 2.25. The highest BCUT2D eigenvalue weighted by Gasteiger charge is 2.07. The van der Waals surface area contributed by atoms with E-state index in [2.05, 4.69) is 24.5 Å². The summed E-state index contributed by atoms with van der Waals surface area (Å²) in [6, 6.07) is 12.5. The zero-order valence-electron chi connectivity index (χ0n) is 14.3. The Bertz CT molecular complexity index is 703. The van der Waals surface area contributed by atoms with Crippen LogP contribution in [0, 0.1) is 5.92 Å². The smallest absolute Gasteiger partial charge is 0.243 e. The number of carbonyl (C=O) groups excluding carboxylic acids is 1. The summed E-state index contributed by atoms with van der Waals surface area (Å²) in [5.41, 5.74) is 1.33. The second-order valence-electron chi connectivity index (χ2n) is 6.08. The molecule has 0 aromatic heterocycles. The standard InChI is InChI=1S/C19H22Cl2N2O2/c1-13(2)9-10-25-16-6-4-15(5-7-16)22-12-19(24)23-18-11-14(20)3-8-17(18)21/h3-8,11,13,22H,9-10,12H2,1-2H3,(H,23,24). The van der Waals surface area contributed by atoms with Crippen LogP contribution in [-0.2, 0) is 4.79 Å². The third kappa shape index (κ3) is 6.85. The van der Waals surface area contributed by atoms with E-state index in [4.69, 9.17) is 27.9 Å². The number of hydrogen-bond acceptors (Lipinski definition) is 3. The molecule has 0 spiro atoms. The van der Waals surface area contributed by atoms with Gasteiger partial charge in [-0.3, -0.25) is 4.79 Å². The second-order valence-corrected chi connectivity index (χ2v) is 6.92. The van der Waals surface area contributed by atoms with E-state index in [1.807, 2.05) is 24.3 Å². The van der Waals surface area contributed by atoms with E-state index in [1.165, 1.54) is 0 Å². The molecule has 1 amide bonds. The van der Waals surface area contributed by atoms with E-state index in [1.54, 1.807) is 18.2 Å². The van der Waals surface area contributed by atoms with Crippen molar-refractivity contribution < 1.29 is 9.53 Å². The molecule has 0 aliphatic carbocycles. The van der Waals surface area contributed by atoms with Gasteiger partial charge in [-0.05, 0) is 54.8 Å². The maximum Gasteiger partial charge on any atom is 0.243 e. The van der Waals surface area contributed by atoms with E-state index in [-0.39, 0.29) is 12.5 Å². The van der Waals surface area contributed by atoms with E-state index < -0.39 is 0 Å². The number of ether oxygens (including phenoxy) is 1. The number of amides is 1. The molecule has 6 heteroatoms. The minimum atomic E-state index is -0.207. The third-order valence-corrected chi connectivity index (χ3v) is 4.04. The molecule has 0 saturated heterocycles. The van der Waals surface area contributed by atoms with Crippen LogP contribution in [0.25, 0.3) is 0 Å². The predicted octanol–water partition coefficient (Wildman–Crippen LogP) is 5.47. The molecule has 0 saturated carbocycles. The zero-order valence-corrected chi connectivity index (χ0v) is 15.8. The van der Waals surface area contributed by atoms with E-state index >= 15 is 0 Å². The lowest BCUT2D eigenvalue weighted by molar-refractivity contribution is -0.114. The summed E-state index contributed by atoms with van der Waals surface area (Å²) in [6.07, 6.45) is 1.02. The van der Waals surface area contributed by atoms with Crippen LogP contribution in [0.15, 0.2) is 42.5 Å². The first-order chi connectivity index (χ1) is 11.9. The molecule has 0 heterocycles. The summed E-state index contributed by atoms with van der Waals surface area (Å²) >= 11 is 11.9. The number of hydrogen-bond donors (Lipinski definition) is 2. The Morgan fingerprint density at radius 1 is 1.12 bits per heavy atom. The van der Waals surface area contributed by atoms with Gasteiger partial charge in [0, 0.05) is 10.7 Å². The van der Waals surface area contributed by atoms with Crippen molar-refractivity contribution in [3.8, 4) is 5.75 Å². The molecule has 4 nitrogen and oxygen atoms in total. The van der Waals surface area contributed by atoms with Crippen LogP contribution in [0.5, 0.6) is 5.75 Å². The topological polar surface area (TPSA) is 50.4 Å². The molecule has 2 N–H and O–H groups in total. The number of nitrogens with one attached hydrogen (secondary N) is 2. The average molecular weight is 381 g/mol. The molecule has 0 unspecified atom stereocenters. The van der Waals surface area contributed by atoms with Crippen LogP contribution >= 0.6 is 23.2 Å². The fraction of sp³-hybridized carbons (Fsp3) is 0.316. The minimum absolute atomic E-state index is 0.121. The van der Waals surface area contributed by atoms with Gasteiger partial charge in [0.1, 0.15) is 5.75 Å². The highest BCUT2D eigenvalue weighted by atomic mass is 35.5. The maximum atomic E-state index is 12.0. The molecule has 2 aromatic carbocycles. The first-order valence-electron chi connectivity index (χ1n) is 8.15. The van der Waals surface area contributed by atoms with E-state index in [9.17, 15) is 4.79 Å². The number of carbonyl (C=O) groups is 1. The Balaban J connectivity index is 1.80. The molecular formula is C19H22Cl2N2O2. The fourth-order valence-corrected chi connectivity index (χ4v) is 2.39. The molecule has 0 aliphatic rings. The normalized spacial score (nSPS) is 10.6.